The monoisotopic (exact) mass is 206 g/mol. The first-order valence-corrected chi connectivity index (χ1v) is 5.80. The number of hydrogen-bond donors (Lipinski definition) is 2. The van der Waals surface area contributed by atoms with Gasteiger partial charge in [-0.3, -0.25) is 0 Å². The minimum Gasteiger partial charge on any atom is -0.399 e. The molecule has 0 fully saturated rings. The van der Waals surface area contributed by atoms with Crippen LogP contribution in [0.25, 0.3) is 0 Å². The average Bonchev–Trinajstić information content (AvgIpc) is 2.24. The number of anilines is 1. The minimum absolute atomic E-state index is 0.630. The Bertz CT molecular complexity index is 284. The lowest BCUT2D eigenvalue weighted by molar-refractivity contribution is 0.524. The summed E-state index contributed by atoms with van der Waals surface area (Å²) in [6.07, 6.45) is 3.47. The van der Waals surface area contributed by atoms with Gasteiger partial charge in [-0.25, -0.2) is 0 Å². The zero-order chi connectivity index (χ0) is 11.1. The quantitative estimate of drug-likeness (QED) is 0.554. The van der Waals surface area contributed by atoms with Crippen LogP contribution in [-0.4, -0.2) is 12.6 Å². The van der Waals surface area contributed by atoms with Gasteiger partial charge in [-0.1, -0.05) is 19.1 Å². The molecular weight excluding hydrogens is 184 g/mol. The third-order valence-electron chi connectivity index (χ3n) is 2.70. The largest absolute Gasteiger partial charge is 0.399 e. The standard InChI is InChI=1S/C13H22N2/c1-3-11(2)15-9-5-7-12-6-4-8-13(14)10-12/h4,6,8,10-11,15H,3,5,7,9,14H2,1-2H3. The molecule has 2 nitrogen and oxygen atoms in total. The zero-order valence-electron chi connectivity index (χ0n) is 9.79. The lowest BCUT2D eigenvalue weighted by atomic mass is 10.1. The topological polar surface area (TPSA) is 38.0 Å². The maximum atomic E-state index is 5.72. The third kappa shape index (κ3) is 4.84. The number of nitrogen functional groups attached to an aromatic ring is 1. The number of benzene rings is 1. The van der Waals surface area contributed by atoms with Gasteiger partial charge in [-0.05, 0) is 50.4 Å². The Labute approximate surface area is 92.9 Å². The van der Waals surface area contributed by atoms with E-state index >= 15 is 0 Å². The number of nitrogens with one attached hydrogen (secondary N) is 1. The molecule has 0 aliphatic rings. The minimum atomic E-state index is 0.630. The molecule has 1 rings (SSSR count). The smallest absolute Gasteiger partial charge is 0.0316 e. The Morgan fingerprint density at radius 3 is 2.87 bits per heavy atom. The Balaban J connectivity index is 2.20. The van der Waals surface area contributed by atoms with Crippen LogP contribution >= 0.6 is 0 Å². The molecule has 0 amide bonds. The maximum Gasteiger partial charge on any atom is 0.0316 e. The van der Waals surface area contributed by atoms with Gasteiger partial charge in [0.1, 0.15) is 0 Å². The summed E-state index contributed by atoms with van der Waals surface area (Å²) < 4.78 is 0. The van der Waals surface area contributed by atoms with Crippen molar-refractivity contribution in [3.8, 4) is 0 Å². The van der Waals surface area contributed by atoms with Crippen molar-refractivity contribution in [1.82, 2.24) is 5.32 Å². The summed E-state index contributed by atoms with van der Waals surface area (Å²) in [7, 11) is 0. The van der Waals surface area contributed by atoms with Gasteiger partial charge in [0.15, 0.2) is 0 Å². The number of aryl methyl sites for hydroxylation is 1. The first kappa shape index (κ1) is 12.1. The fourth-order valence-electron chi connectivity index (χ4n) is 1.53. The van der Waals surface area contributed by atoms with Crippen LogP contribution in [0.3, 0.4) is 0 Å². The second-order valence-corrected chi connectivity index (χ2v) is 4.11. The predicted octanol–water partition coefficient (Wildman–Crippen LogP) is 2.59. The van der Waals surface area contributed by atoms with E-state index in [0.717, 1.165) is 18.7 Å². The SMILES string of the molecule is CCC(C)NCCCc1cccc(N)c1. The first-order valence-electron chi connectivity index (χ1n) is 5.80. The average molecular weight is 206 g/mol. The van der Waals surface area contributed by atoms with Crippen LogP contribution in [0.4, 0.5) is 5.69 Å². The van der Waals surface area contributed by atoms with Crippen LogP contribution in [0, 0.1) is 0 Å². The van der Waals surface area contributed by atoms with E-state index < -0.39 is 0 Å². The molecular formula is C13H22N2. The molecule has 0 aliphatic carbocycles. The van der Waals surface area contributed by atoms with E-state index in [1.165, 1.54) is 18.4 Å². The third-order valence-corrected chi connectivity index (χ3v) is 2.70. The fourth-order valence-corrected chi connectivity index (χ4v) is 1.53. The van der Waals surface area contributed by atoms with Crippen LogP contribution in [0.1, 0.15) is 32.3 Å². The van der Waals surface area contributed by atoms with Crippen molar-refractivity contribution in [3.05, 3.63) is 29.8 Å². The molecule has 1 aromatic rings. The number of rotatable bonds is 6. The van der Waals surface area contributed by atoms with Crippen molar-refractivity contribution in [2.45, 2.75) is 39.2 Å². The first-order chi connectivity index (χ1) is 7.22. The second kappa shape index (κ2) is 6.46. The Hall–Kier alpha value is -1.02. The van der Waals surface area contributed by atoms with Crippen molar-refractivity contribution in [1.29, 1.82) is 0 Å². The van der Waals surface area contributed by atoms with Crippen molar-refractivity contribution < 1.29 is 0 Å². The van der Waals surface area contributed by atoms with Crippen molar-refractivity contribution in [3.63, 3.8) is 0 Å². The second-order valence-electron chi connectivity index (χ2n) is 4.11. The summed E-state index contributed by atoms with van der Waals surface area (Å²) in [5, 5.41) is 3.49. The van der Waals surface area contributed by atoms with E-state index in [0.29, 0.717) is 6.04 Å². The Kier molecular flexibility index (Phi) is 5.19. The highest BCUT2D eigenvalue weighted by atomic mass is 14.9. The summed E-state index contributed by atoms with van der Waals surface area (Å²) in [6.45, 7) is 5.51. The van der Waals surface area contributed by atoms with Crippen molar-refractivity contribution in [2.24, 2.45) is 0 Å². The molecule has 15 heavy (non-hydrogen) atoms. The van der Waals surface area contributed by atoms with Gasteiger partial charge in [-0.15, -0.1) is 0 Å². The Morgan fingerprint density at radius 2 is 2.20 bits per heavy atom. The van der Waals surface area contributed by atoms with E-state index in [4.69, 9.17) is 5.73 Å². The summed E-state index contributed by atoms with van der Waals surface area (Å²) in [5.41, 5.74) is 7.91. The maximum absolute atomic E-state index is 5.72. The van der Waals surface area contributed by atoms with Gasteiger partial charge in [0.25, 0.3) is 0 Å². The lowest BCUT2D eigenvalue weighted by Gasteiger charge is -2.10. The van der Waals surface area contributed by atoms with E-state index in [9.17, 15) is 0 Å². The molecule has 0 aliphatic heterocycles. The van der Waals surface area contributed by atoms with Crippen LogP contribution in [-0.2, 0) is 6.42 Å². The van der Waals surface area contributed by atoms with E-state index in [1.54, 1.807) is 0 Å². The molecule has 0 radical (unpaired) electrons. The van der Waals surface area contributed by atoms with Gasteiger partial charge < -0.3 is 11.1 Å². The molecule has 0 spiro atoms. The highest BCUT2D eigenvalue weighted by Crippen LogP contribution is 2.08. The van der Waals surface area contributed by atoms with Crippen LogP contribution in [0.5, 0.6) is 0 Å². The van der Waals surface area contributed by atoms with Gasteiger partial charge in [-0.2, -0.15) is 0 Å². The highest BCUT2D eigenvalue weighted by Gasteiger charge is 1.97. The number of hydrogen-bond acceptors (Lipinski definition) is 2. The van der Waals surface area contributed by atoms with Crippen molar-refractivity contribution in [2.75, 3.05) is 12.3 Å². The summed E-state index contributed by atoms with van der Waals surface area (Å²) in [6, 6.07) is 8.78. The molecule has 3 N–H and O–H groups in total. The summed E-state index contributed by atoms with van der Waals surface area (Å²) in [4.78, 5) is 0. The molecule has 2 heteroatoms. The van der Waals surface area contributed by atoms with E-state index in [2.05, 4.69) is 31.3 Å². The molecule has 0 saturated heterocycles. The normalized spacial score (nSPS) is 12.7. The van der Waals surface area contributed by atoms with Gasteiger partial charge >= 0.3 is 0 Å². The highest BCUT2D eigenvalue weighted by molar-refractivity contribution is 5.40. The zero-order valence-corrected chi connectivity index (χ0v) is 9.79. The van der Waals surface area contributed by atoms with Crippen LogP contribution in [0.2, 0.25) is 0 Å². The van der Waals surface area contributed by atoms with Crippen LogP contribution in [0.15, 0.2) is 24.3 Å². The molecule has 1 aromatic carbocycles. The predicted molar refractivity (Wildman–Crippen MR) is 66.9 cm³/mol. The van der Waals surface area contributed by atoms with Crippen LogP contribution < -0.4 is 11.1 Å². The summed E-state index contributed by atoms with van der Waals surface area (Å²) in [5.74, 6) is 0. The van der Waals surface area contributed by atoms with Gasteiger partial charge in [0.05, 0.1) is 0 Å². The molecule has 0 aromatic heterocycles. The number of nitrogens with two attached hydrogens (primary N) is 1. The summed E-state index contributed by atoms with van der Waals surface area (Å²) >= 11 is 0. The molecule has 0 heterocycles. The van der Waals surface area contributed by atoms with Gasteiger partial charge in [0.2, 0.25) is 0 Å². The fraction of sp³-hybridized carbons (Fsp3) is 0.538. The van der Waals surface area contributed by atoms with E-state index in [-0.39, 0.29) is 0 Å². The molecule has 1 unspecified atom stereocenters. The molecule has 0 saturated carbocycles. The van der Waals surface area contributed by atoms with Gasteiger partial charge in [0, 0.05) is 11.7 Å². The molecule has 0 bridgehead atoms. The van der Waals surface area contributed by atoms with E-state index in [1.807, 2.05) is 12.1 Å². The lowest BCUT2D eigenvalue weighted by Crippen LogP contribution is -2.26. The van der Waals surface area contributed by atoms with Crippen molar-refractivity contribution >= 4 is 5.69 Å². The molecule has 84 valence electrons. The Morgan fingerprint density at radius 1 is 1.40 bits per heavy atom. The molecule has 1 atom stereocenters.